The summed E-state index contributed by atoms with van der Waals surface area (Å²) in [6, 6.07) is 7.97. The number of nitrogens with zero attached hydrogens (tertiary/aromatic N) is 1. The van der Waals surface area contributed by atoms with Gasteiger partial charge in [0, 0.05) is 55.1 Å². The molecule has 214 valence electrons. The summed E-state index contributed by atoms with van der Waals surface area (Å²) < 4.78 is 0. The number of anilines is 1. The summed E-state index contributed by atoms with van der Waals surface area (Å²) >= 11 is 12.0. The number of hydrogen-bond donors (Lipinski definition) is 5. The number of amides is 3. The Morgan fingerprint density at radius 1 is 0.974 bits per heavy atom. The lowest BCUT2D eigenvalue weighted by molar-refractivity contribution is -0.134. The van der Waals surface area contributed by atoms with Crippen LogP contribution in [-0.4, -0.2) is 52.9 Å². The van der Waals surface area contributed by atoms with Crippen LogP contribution in [0.5, 0.6) is 0 Å². The van der Waals surface area contributed by atoms with Gasteiger partial charge in [-0.05, 0) is 61.2 Å². The van der Waals surface area contributed by atoms with E-state index in [1.54, 1.807) is 38.2 Å². The Balaban J connectivity index is 0.00000177. The summed E-state index contributed by atoms with van der Waals surface area (Å²) in [5.74, 6) is -1.14. The minimum Gasteiger partial charge on any atom is -0.481 e. The van der Waals surface area contributed by atoms with Gasteiger partial charge in [0.1, 0.15) is 11.9 Å². The quantitative estimate of drug-likeness (QED) is 0.225. The molecule has 0 aliphatic carbocycles. The van der Waals surface area contributed by atoms with Crippen LogP contribution in [0, 0.1) is 12.8 Å². The van der Waals surface area contributed by atoms with Crippen LogP contribution in [0.3, 0.4) is 0 Å². The lowest BCUT2D eigenvalue weighted by atomic mass is 10.1. The number of rotatable bonds is 13. The van der Waals surface area contributed by atoms with E-state index < -0.39 is 17.9 Å². The van der Waals surface area contributed by atoms with Crippen LogP contribution in [0.15, 0.2) is 36.5 Å². The van der Waals surface area contributed by atoms with E-state index in [9.17, 15) is 14.4 Å². The first-order chi connectivity index (χ1) is 18.4. The van der Waals surface area contributed by atoms with Crippen LogP contribution in [0.25, 0.3) is 0 Å². The number of unbranched alkanes of at least 4 members (excludes halogenated alkanes) is 1. The summed E-state index contributed by atoms with van der Waals surface area (Å²) in [7, 11) is 0. The van der Waals surface area contributed by atoms with Crippen LogP contribution in [0.2, 0.25) is 10.0 Å². The van der Waals surface area contributed by atoms with Gasteiger partial charge in [0.15, 0.2) is 0 Å². The minimum atomic E-state index is -0.908. The number of nitrogens with one attached hydrogen (secondary N) is 4. The van der Waals surface area contributed by atoms with Crippen molar-refractivity contribution in [3.8, 4) is 0 Å². The van der Waals surface area contributed by atoms with Gasteiger partial charge in [-0.3, -0.25) is 19.2 Å². The van der Waals surface area contributed by atoms with Crippen LogP contribution in [0.4, 0.5) is 5.82 Å². The minimum absolute atomic E-state index is 0.00846. The standard InChI is InChI=1S/C25H33Cl2N5O3.C2H4O2/c1-16(2)24(34)31-15-21(25(35)30-14-18-11-19(26)13-20(27)12-18)32-23(33)6-4-5-8-28-22-10-17(3)7-9-29-22;1-2(3)4/h7,9-13,16,21H,4-6,8,14-15H2,1-3H3,(H,28,29)(H,30,35)(H,31,34)(H,32,33);1H3,(H,3,4)/t21-;/m0./s1. The molecule has 5 N–H and O–H groups in total. The highest BCUT2D eigenvalue weighted by Crippen LogP contribution is 2.18. The number of aromatic nitrogens is 1. The highest BCUT2D eigenvalue weighted by atomic mass is 35.5. The van der Waals surface area contributed by atoms with Crippen LogP contribution >= 0.6 is 23.2 Å². The normalized spacial score (nSPS) is 11.1. The molecular weight excluding hydrogens is 545 g/mol. The van der Waals surface area contributed by atoms with Gasteiger partial charge in [-0.1, -0.05) is 37.0 Å². The van der Waals surface area contributed by atoms with Gasteiger partial charge in [-0.2, -0.15) is 0 Å². The summed E-state index contributed by atoms with van der Waals surface area (Å²) in [5, 5.41) is 19.8. The lowest BCUT2D eigenvalue weighted by Gasteiger charge is -2.20. The van der Waals surface area contributed by atoms with Crippen molar-refractivity contribution in [3.05, 3.63) is 57.7 Å². The Labute approximate surface area is 239 Å². The van der Waals surface area contributed by atoms with Crippen LogP contribution in [-0.2, 0) is 25.7 Å². The highest BCUT2D eigenvalue weighted by molar-refractivity contribution is 6.34. The second-order valence-corrected chi connectivity index (χ2v) is 10.0. The molecule has 0 bridgehead atoms. The lowest BCUT2D eigenvalue weighted by Crippen LogP contribution is -2.52. The van der Waals surface area contributed by atoms with Crippen molar-refractivity contribution in [2.45, 2.75) is 59.5 Å². The van der Waals surface area contributed by atoms with Gasteiger partial charge in [0.05, 0.1) is 0 Å². The maximum absolute atomic E-state index is 12.8. The number of carbonyl (C=O) groups excluding carboxylic acids is 3. The maximum Gasteiger partial charge on any atom is 0.300 e. The molecule has 2 aromatic rings. The Kier molecular flexibility index (Phi) is 15.5. The third kappa shape index (κ3) is 15.6. The molecule has 39 heavy (non-hydrogen) atoms. The molecule has 1 aromatic heterocycles. The molecule has 3 amide bonds. The molecule has 1 heterocycles. The van der Waals surface area contributed by atoms with Gasteiger partial charge >= 0.3 is 0 Å². The first-order valence-electron chi connectivity index (χ1n) is 12.5. The highest BCUT2D eigenvalue weighted by Gasteiger charge is 2.22. The molecular formula is C27H37Cl2N5O5. The van der Waals surface area contributed by atoms with Gasteiger partial charge in [-0.25, -0.2) is 4.98 Å². The number of carbonyl (C=O) groups is 4. The molecule has 10 nitrogen and oxygen atoms in total. The van der Waals surface area contributed by atoms with Crippen molar-refractivity contribution < 1.29 is 24.3 Å². The van der Waals surface area contributed by atoms with Crippen molar-refractivity contribution in [1.29, 1.82) is 0 Å². The topological polar surface area (TPSA) is 150 Å². The number of carboxylic acid groups (broad SMARTS) is 1. The fraction of sp³-hybridized carbons (Fsp3) is 0.444. The molecule has 0 aliphatic heterocycles. The second kappa shape index (κ2) is 18.0. The molecule has 0 fully saturated rings. The zero-order valence-electron chi connectivity index (χ0n) is 22.6. The van der Waals surface area contributed by atoms with Gasteiger partial charge in [0.2, 0.25) is 17.7 Å². The number of aliphatic carboxylic acids is 1. The number of hydrogen-bond acceptors (Lipinski definition) is 6. The van der Waals surface area contributed by atoms with E-state index in [-0.39, 0.29) is 37.2 Å². The molecule has 2 rings (SSSR count). The van der Waals surface area contributed by atoms with Crippen LogP contribution in [0.1, 0.15) is 51.2 Å². The molecule has 0 spiro atoms. The van der Waals surface area contributed by atoms with Crippen molar-refractivity contribution in [2.75, 3.05) is 18.4 Å². The summed E-state index contributed by atoms with van der Waals surface area (Å²) in [6.45, 7) is 7.45. The zero-order chi connectivity index (χ0) is 29.4. The predicted molar refractivity (Wildman–Crippen MR) is 153 cm³/mol. The van der Waals surface area contributed by atoms with E-state index in [0.29, 0.717) is 23.0 Å². The van der Waals surface area contributed by atoms with E-state index >= 15 is 0 Å². The Bertz CT molecular complexity index is 1090. The fourth-order valence-electron chi connectivity index (χ4n) is 3.17. The Hall–Kier alpha value is -3.37. The van der Waals surface area contributed by atoms with Crippen molar-refractivity contribution in [2.24, 2.45) is 5.92 Å². The number of halogens is 2. The first kappa shape index (κ1) is 33.7. The maximum atomic E-state index is 12.8. The molecule has 1 atom stereocenters. The third-order valence-corrected chi connectivity index (χ3v) is 5.53. The monoisotopic (exact) mass is 581 g/mol. The number of carboxylic acids is 1. The summed E-state index contributed by atoms with van der Waals surface area (Å²) in [5.41, 5.74) is 1.84. The van der Waals surface area contributed by atoms with Gasteiger partial charge in [-0.15, -0.1) is 0 Å². The zero-order valence-corrected chi connectivity index (χ0v) is 24.2. The second-order valence-electron chi connectivity index (χ2n) is 9.14. The number of benzene rings is 1. The van der Waals surface area contributed by atoms with Gasteiger partial charge < -0.3 is 26.4 Å². The molecule has 12 heteroatoms. The molecule has 1 aromatic carbocycles. The third-order valence-electron chi connectivity index (χ3n) is 5.10. The van der Waals surface area contributed by atoms with Crippen LogP contribution < -0.4 is 21.3 Å². The van der Waals surface area contributed by atoms with E-state index in [1.807, 2.05) is 19.1 Å². The van der Waals surface area contributed by atoms with Crippen molar-refractivity contribution in [1.82, 2.24) is 20.9 Å². The van der Waals surface area contributed by atoms with Gasteiger partial charge in [0.25, 0.3) is 5.97 Å². The van der Waals surface area contributed by atoms with E-state index in [4.69, 9.17) is 33.1 Å². The van der Waals surface area contributed by atoms with E-state index in [1.165, 1.54) is 0 Å². The first-order valence-corrected chi connectivity index (χ1v) is 13.3. The summed E-state index contributed by atoms with van der Waals surface area (Å²) in [4.78, 5) is 50.5. The number of aryl methyl sites for hydroxylation is 1. The molecule has 0 saturated heterocycles. The smallest absolute Gasteiger partial charge is 0.300 e. The summed E-state index contributed by atoms with van der Waals surface area (Å²) in [6.07, 6.45) is 3.40. The number of pyridine rings is 1. The SMILES string of the molecule is CC(=O)O.Cc1ccnc(NCCCCC(=O)N[C@@H](CNC(=O)C(C)C)C(=O)NCc2cc(Cl)cc(Cl)c2)c1. The van der Waals surface area contributed by atoms with Crippen molar-refractivity contribution in [3.63, 3.8) is 0 Å². The molecule has 0 radical (unpaired) electrons. The van der Waals surface area contributed by atoms with E-state index in [2.05, 4.69) is 26.3 Å². The predicted octanol–water partition coefficient (Wildman–Crippen LogP) is 3.94. The molecule has 0 saturated carbocycles. The Morgan fingerprint density at radius 3 is 2.21 bits per heavy atom. The largest absolute Gasteiger partial charge is 0.481 e. The average Bonchev–Trinajstić information content (AvgIpc) is 2.83. The van der Waals surface area contributed by atoms with Crippen molar-refractivity contribution >= 4 is 52.7 Å². The van der Waals surface area contributed by atoms with E-state index in [0.717, 1.165) is 30.3 Å². The molecule has 0 aliphatic rings. The molecule has 0 unspecified atom stereocenters. The Morgan fingerprint density at radius 2 is 1.62 bits per heavy atom. The fourth-order valence-corrected chi connectivity index (χ4v) is 3.74. The average molecular weight is 583 g/mol.